The third-order valence-electron chi connectivity index (χ3n) is 4.81. The van der Waals surface area contributed by atoms with E-state index >= 15 is 0 Å². The molecule has 3 rings (SSSR count). The van der Waals surface area contributed by atoms with Gasteiger partial charge in [-0.25, -0.2) is 12.8 Å². The number of carboxylic acids is 1. The Morgan fingerprint density at radius 1 is 1.18 bits per heavy atom. The summed E-state index contributed by atoms with van der Waals surface area (Å²) < 4.78 is 52.5. The first-order valence-electron chi connectivity index (χ1n) is 10.4. The van der Waals surface area contributed by atoms with Crippen LogP contribution < -0.4 is 9.04 Å². The fraction of sp³-hybridized carbons (Fsp3) is 0.391. The summed E-state index contributed by atoms with van der Waals surface area (Å²) in [5.74, 6) is -1.82. The normalized spacial score (nSPS) is 16.0. The number of carbonyl (C=O) groups excluding carboxylic acids is 1. The molecule has 1 N–H and O–H groups in total. The Morgan fingerprint density at radius 2 is 1.85 bits per heavy atom. The number of benzene rings is 2. The van der Waals surface area contributed by atoms with Crippen LogP contribution >= 0.6 is 0 Å². The number of carbonyl (C=O) groups is 2. The minimum atomic E-state index is -4.11. The van der Waals surface area contributed by atoms with Crippen LogP contribution in [0.25, 0.3) is 0 Å². The molecule has 0 spiro atoms. The molecular weight excluding hydrogens is 453 g/mol. The summed E-state index contributed by atoms with van der Waals surface area (Å²) in [5, 5.41) is 9.00. The molecule has 0 amide bonds. The summed E-state index contributed by atoms with van der Waals surface area (Å²) in [6.45, 7) is 5.12. The lowest BCUT2D eigenvalue weighted by Crippen LogP contribution is -2.43. The highest BCUT2D eigenvalue weighted by atomic mass is 32.2. The Labute approximate surface area is 192 Å². The van der Waals surface area contributed by atoms with Crippen LogP contribution in [-0.2, 0) is 30.8 Å². The Balaban J connectivity index is 1.97. The highest BCUT2D eigenvalue weighted by Gasteiger charge is 2.35. The van der Waals surface area contributed by atoms with E-state index in [0.29, 0.717) is 5.56 Å². The van der Waals surface area contributed by atoms with Crippen LogP contribution in [0.2, 0.25) is 0 Å². The Morgan fingerprint density at radius 3 is 2.45 bits per heavy atom. The molecule has 0 unspecified atom stereocenters. The van der Waals surface area contributed by atoms with Crippen LogP contribution in [0.1, 0.15) is 39.2 Å². The van der Waals surface area contributed by atoms with Crippen molar-refractivity contribution >= 4 is 27.6 Å². The van der Waals surface area contributed by atoms with Crippen molar-refractivity contribution in [1.29, 1.82) is 0 Å². The quantitative estimate of drug-likeness (QED) is 0.605. The second-order valence-corrected chi connectivity index (χ2v) is 10.6. The first-order chi connectivity index (χ1) is 15.3. The van der Waals surface area contributed by atoms with Crippen LogP contribution in [0, 0.1) is 5.82 Å². The lowest BCUT2D eigenvalue weighted by atomic mass is 10.1. The number of carboxylic acid groups (broad SMARTS) is 1. The number of fused-ring (bicyclic) bond motifs is 1. The summed E-state index contributed by atoms with van der Waals surface area (Å²) in [4.78, 5) is 23.1. The molecule has 2 aromatic rings. The molecular formula is C23H26FNO7S. The lowest BCUT2D eigenvalue weighted by molar-refractivity contribution is -0.154. The maximum absolute atomic E-state index is 13.4. The molecule has 8 nitrogen and oxygen atoms in total. The van der Waals surface area contributed by atoms with Gasteiger partial charge in [-0.2, -0.15) is 0 Å². The molecule has 1 heterocycles. The van der Waals surface area contributed by atoms with Gasteiger partial charge in [-0.15, -0.1) is 0 Å². The van der Waals surface area contributed by atoms with Crippen LogP contribution in [-0.4, -0.2) is 43.7 Å². The van der Waals surface area contributed by atoms with Crippen molar-refractivity contribution in [3.63, 3.8) is 0 Å². The molecule has 1 atom stereocenters. The molecule has 178 valence electrons. The topological polar surface area (TPSA) is 110 Å². The fourth-order valence-corrected chi connectivity index (χ4v) is 4.91. The number of nitrogens with zero attached hydrogens (tertiary/aromatic N) is 1. The van der Waals surface area contributed by atoms with Gasteiger partial charge in [-0.05, 0) is 69.2 Å². The number of hydrogen-bond donors (Lipinski definition) is 1. The third-order valence-corrected chi connectivity index (χ3v) is 6.60. The number of aliphatic carboxylic acids is 1. The summed E-state index contributed by atoms with van der Waals surface area (Å²) in [6, 6.07) is 9.14. The van der Waals surface area contributed by atoms with E-state index in [1.165, 1.54) is 6.07 Å². The molecule has 0 fully saturated rings. The summed E-state index contributed by atoms with van der Waals surface area (Å²) in [7, 11) is -4.11. The number of anilines is 1. The van der Waals surface area contributed by atoms with Crippen LogP contribution in [0.3, 0.4) is 0 Å². The SMILES string of the molecule is CC(C)(C)OC(=O)Cc1ccc2c(c1)N(S(=O)(=O)c1ccc(F)cc1)C[C@H](CCC(=O)O)O2. The zero-order valence-corrected chi connectivity index (χ0v) is 19.4. The van der Waals surface area contributed by atoms with E-state index in [1.54, 1.807) is 32.9 Å². The smallest absolute Gasteiger partial charge is 0.310 e. The maximum Gasteiger partial charge on any atom is 0.310 e. The van der Waals surface area contributed by atoms with Crippen molar-refractivity contribution in [3.8, 4) is 5.75 Å². The molecule has 2 aromatic carbocycles. The number of sulfonamides is 1. The third kappa shape index (κ3) is 6.22. The zero-order valence-electron chi connectivity index (χ0n) is 18.6. The van der Waals surface area contributed by atoms with Crippen LogP contribution in [0.4, 0.5) is 10.1 Å². The molecule has 0 radical (unpaired) electrons. The average Bonchev–Trinajstić information content (AvgIpc) is 2.70. The van der Waals surface area contributed by atoms with Gasteiger partial charge in [0.2, 0.25) is 0 Å². The minimum Gasteiger partial charge on any atom is -0.486 e. The van der Waals surface area contributed by atoms with Gasteiger partial charge in [-0.1, -0.05) is 6.07 Å². The fourth-order valence-electron chi connectivity index (χ4n) is 3.41. The van der Waals surface area contributed by atoms with Crippen LogP contribution in [0.15, 0.2) is 47.4 Å². The largest absolute Gasteiger partial charge is 0.486 e. The summed E-state index contributed by atoms with van der Waals surface area (Å²) in [5.41, 5.74) is 0.0749. The van der Waals surface area contributed by atoms with Crippen molar-refractivity contribution in [1.82, 2.24) is 0 Å². The number of ether oxygens (including phenoxy) is 2. The molecule has 33 heavy (non-hydrogen) atoms. The Bertz CT molecular complexity index is 1140. The lowest BCUT2D eigenvalue weighted by Gasteiger charge is -2.35. The minimum absolute atomic E-state index is 0.0720. The molecule has 1 aliphatic heterocycles. The van der Waals surface area contributed by atoms with E-state index in [0.717, 1.165) is 28.6 Å². The number of halogens is 1. The number of rotatable bonds is 7. The average molecular weight is 480 g/mol. The van der Waals surface area contributed by atoms with Crippen LogP contribution in [0.5, 0.6) is 5.75 Å². The Hall–Kier alpha value is -3.14. The predicted molar refractivity (Wildman–Crippen MR) is 118 cm³/mol. The van der Waals surface area contributed by atoms with E-state index < -0.39 is 39.5 Å². The monoisotopic (exact) mass is 479 g/mol. The van der Waals surface area contributed by atoms with Crippen molar-refractivity contribution in [2.45, 2.75) is 56.6 Å². The molecule has 1 aliphatic rings. The standard InChI is InChI=1S/C23H26FNO7S/c1-23(2,3)32-22(28)13-15-4-10-20-19(12-15)25(14-17(31-20)7-11-21(26)27)33(29,30)18-8-5-16(24)6-9-18/h4-6,8-10,12,17H,7,11,13-14H2,1-3H3,(H,26,27)/t17-/m0/s1. The zero-order chi connectivity index (χ0) is 24.4. The van der Waals surface area contributed by atoms with Crippen molar-refractivity contribution in [2.75, 3.05) is 10.8 Å². The van der Waals surface area contributed by atoms with Gasteiger partial charge in [0, 0.05) is 6.42 Å². The summed E-state index contributed by atoms with van der Waals surface area (Å²) >= 11 is 0. The second-order valence-electron chi connectivity index (χ2n) is 8.73. The highest BCUT2D eigenvalue weighted by molar-refractivity contribution is 7.92. The van der Waals surface area contributed by atoms with Gasteiger partial charge in [-0.3, -0.25) is 13.9 Å². The van der Waals surface area contributed by atoms with Crippen molar-refractivity contribution < 1.29 is 37.0 Å². The molecule has 0 saturated heterocycles. The van der Waals surface area contributed by atoms with Gasteiger partial charge >= 0.3 is 11.9 Å². The first kappa shape index (κ1) is 24.5. The summed E-state index contributed by atoms with van der Waals surface area (Å²) in [6.07, 6.45) is -0.858. The van der Waals surface area contributed by atoms with E-state index in [-0.39, 0.29) is 42.1 Å². The molecule has 0 aromatic heterocycles. The van der Waals surface area contributed by atoms with Crippen molar-refractivity contribution in [2.24, 2.45) is 0 Å². The highest BCUT2D eigenvalue weighted by Crippen LogP contribution is 2.38. The number of hydrogen-bond acceptors (Lipinski definition) is 6. The molecule has 10 heteroatoms. The number of esters is 1. The first-order valence-corrected chi connectivity index (χ1v) is 11.8. The van der Waals surface area contributed by atoms with Gasteiger partial charge < -0.3 is 14.6 Å². The second kappa shape index (κ2) is 9.38. The van der Waals surface area contributed by atoms with E-state index in [4.69, 9.17) is 14.6 Å². The van der Waals surface area contributed by atoms with Gasteiger partial charge in [0.25, 0.3) is 10.0 Å². The van der Waals surface area contributed by atoms with Gasteiger partial charge in [0.05, 0.1) is 23.5 Å². The predicted octanol–water partition coefficient (Wildman–Crippen LogP) is 3.53. The molecule has 0 bridgehead atoms. The van der Waals surface area contributed by atoms with Gasteiger partial charge in [0.15, 0.2) is 0 Å². The molecule has 0 saturated carbocycles. The maximum atomic E-state index is 13.4. The van der Waals surface area contributed by atoms with Gasteiger partial charge in [0.1, 0.15) is 23.3 Å². The van der Waals surface area contributed by atoms with E-state index in [9.17, 15) is 22.4 Å². The molecule has 0 aliphatic carbocycles. The van der Waals surface area contributed by atoms with E-state index in [2.05, 4.69) is 0 Å². The van der Waals surface area contributed by atoms with Crippen molar-refractivity contribution in [3.05, 3.63) is 53.8 Å². The Kier molecular flexibility index (Phi) is 6.97. The van der Waals surface area contributed by atoms with E-state index in [1.807, 2.05) is 0 Å².